The standard InChI is InChI=1S/C14H17BrN4O/c1-3-13-10(8-19(2)18-13)7-17-14(20)9-4-5-11(15)12(16)6-9/h4-6,8H,3,7,16H2,1-2H3,(H,17,20). The quantitative estimate of drug-likeness (QED) is 0.841. The first kappa shape index (κ1) is 14.6. The lowest BCUT2D eigenvalue weighted by atomic mass is 10.1. The molecule has 2 aromatic rings. The van der Waals surface area contributed by atoms with Crippen LogP contribution in [0.1, 0.15) is 28.5 Å². The fraction of sp³-hybridized carbons (Fsp3) is 0.286. The molecule has 0 fully saturated rings. The molecule has 106 valence electrons. The summed E-state index contributed by atoms with van der Waals surface area (Å²) < 4.78 is 2.55. The summed E-state index contributed by atoms with van der Waals surface area (Å²) in [6.07, 6.45) is 2.77. The number of hydrogen-bond donors (Lipinski definition) is 2. The fourth-order valence-corrected chi connectivity index (χ4v) is 2.24. The Labute approximate surface area is 126 Å². The number of nitrogens with two attached hydrogens (primary N) is 1. The Hall–Kier alpha value is -1.82. The summed E-state index contributed by atoms with van der Waals surface area (Å²) in [6, 6.07) is 5.16. The zero-order valence-electron chi connectivity index (χ0n) is 11.5. The minimum Gasteiger partial charge on any atom is -0.398 e. The molecule has 0 aliphatic heterocycles. The third-order valence-electron chi connectivity index (χ3n) is 3.02. The molecular weight excluding hydrogens is 320 g/mol. The van der Waals surface area contributed by atoms with E-state index in [4.69, 9.17) is 5.73 Å². The summed E-state index contributed by atoms with van der Waals surface area (Å²) in [5.41, 5.74) is 8.91. The molecule has 0 aliphatic rings. The highest BCUT2D eigenvalue weighted by molar-refractivity contribution is 9.10. The second-order valence-electron chi connectivity index (χ2n) is 4.55. The summed E-state index contributed by atoms with van der Waals surface area (Å²) >= 11 is 3.31. The minimum atomic E-state index is -0.143. The third-order valence-corrected chi connectivity index (χ3v) is 3.75. The van der Waals surface area contributed by atoms with Gasteiger partial charge in [0.05, 0.1) is 5.69 Å². The van der Waals surface area contributed by atoms with Gasteiger partial charge in [0.25, 0.3) is 5.91 Å². The highest BCUT2D eigenvalue weighted by atomic mass is 79.9. The first-order valence-electron chi connectivity index (χ1n) is 6.36. The molecule has 0 aliphatic carbocycles. The Balaban J connectivity index is 2.06. The normalized spacial score (nSPS) is 10.6. The molecule has 0 saturated heterocycles. The van der Waals surface area contributed by atoms with Crippen molar-refractivity contribution >= 4 is 27.5 Å². The summed E-state index contributed by atoms with van der Waals surface area (Å²) in [6.45, 7) is 2.51. The van der Waals surface area contributed by atoms with Crippen LogP contribution in [0.3, 0.4) is 0 Å². The van der Waals surface area contributed by atoms with E-state index in [0.717, 1.165) is 22.2 Å². The fourth-order valence-electron chi connectivity index (χ4n) is 1.99. The molecule has 1 amide bonds. The molecule has 1 aromatic carbocycles. The third kappa shape index (κ3) is 3.19. The van der Waals surface area contributed by atoms with Crippen LogP contribution in [0.15, 0.2) is 28.9 Å². The number of carbonyl (C=O) groups excluding carboxylic acids is 1. The van der Waals surface area contributed by atoms with Gasteiger partial charge in [0.1, 0.15) is 0 Å². The number of nitrogens with zero attached hydrogens (tertiary/aromatic N) is 2. The van der Waals surface area contributed by atoms with Gasteiger partial charge in [-0.05, 0) is 40.5 Å². The van der Waals surface area contributed by atoms with Crippen molar-refractivity contribution < 1.29 is 4.79 Å². The van der Waals surface area contributed by atoms with Crippen LogP contribution in [0.2, 0.25) is 0 Å². The largest absolute Gasteiger partial charge is 0.398 e. The predicted molar refractivity (Wildman–Crippen MR) is 82.3 cm³/mol. The molecule has 3 N–H and O–H groups in total. The number of amides is 1. The number of nitrogens with one attached hydrogen (secondary N) is 1. The number of halogens is 1. The average Bonchev–Trinajstić information content (AvgIpc) is 2.79. The molecule has 0 saturated carbocycles. The lowest BCUT2D eigenvalue weighted by Crippen LogP contribution is -2.23. The Morgan fingerprint density at radius 3 is 2.90 bits per heavy atom. The van der Waals surface area contributed by atoms with Crippen LogP contribution < -0.4 is 11.1 Å². The number of rotatable bonds is 4. The summed E-state index contributed by atoms with van der Waals surface area (Å²) in [5, 5.41) is 7.23. The van der Waals surface area contributed by atoms with Gasteiger partial charge >= 0.3 is 0 Å². The van der Waals surface area contributed by atoms with Crippen molar-refractivity contribution in [1.29, 1.82) is 0 Å². The maximum Gasteiger partial charge on any atom is 0.251 e. The number of aryl methyl sites for hydroxylation is 2. The Bertz CT molecular complexity index is 636. The second-order valence-corrected chi connectivity index (χ2v) is 5.40. The smallest absolute Gasteiger partial charge is 0.251 e. The highest BCUT2D eigenvalue weighted by Gasteiger charge is 2.10. The lowest BCUT2D eigenvalue weighted by Gasteiger charge is -2.06. The van der Waals surface area contributed by atoms with Gasteiger partial charge in [-0.2, -0.15) is 5.10 Å². The number of hydrogen-bond acceptors (Lipinski definition) is 3. The van der Waals surface area contributed by atoms with Crippen molar-refractivity contribution in [2.75, 3.05) is 5.73 Å². The van der Waals surface area contributed by atoms with E-state index in [1.807, 2.05) is 20.2 Å². The minimum absolute atomic E-state index is 0.143. The maximum absolute atomic E-state index is 12.1. The van der Waals surface area contributed by atoms with Crippen molar-refractivity contribution in [2.45, 2.75) is 19.9 Å². The second kappa shape index (κ2) is 6.09. The van der Waals surface area contributed by atoms with Gasteiger partial charge in [0.15, 0.2) is 0 Å². The van der Waals surface area contributed by atoms with Crippen LogP contribution >= 0.6 is 15.9 Å². The SMILES string of the molecule is CCc1nn(C)cc1CNC(=O)c1ccc(Br)c(N)c1. The first-order valence-corrected chi connectivity index (χ1v) is 7.15. The van der Waals surface area contributed by atoms with Crippen LogP contribution in [-0.4, -0.2) is 15.7 Å². The number of carbonyl (C=O) groups is 1. The van der Waals surface area contributed by atoms with Crippen LogP contribution in [0.5, 0.6) is 0 Å². The van der Waals surface area contributed by atoms with E-state index >= 15 is 0 Å². The first-order chi connectivity index (χ1) is 9.51. The number of nitrogen functional groups attached to an aromatic ring is 1. The van der Waals surface area contributed by atoms with Gasteiger partial charge < -0.3 is 11.1 Å². The van der Waals surface area contributed by atoms with Crippen molar-refractivity contribution in [1.82, 2.24) is 15.1 Å². The molecular formula is C14H17BrN4O. The molecule has 0 bridgehead atoms. The van der Waals surface area contributed by atoms with E-state index in [0.29, 0.717) is 17.8 Å². The molecule has 0 atom stereocenters. The van der Waals surface area contributed by atoms with Gasteiger partial charge in [-0.15, -0.1) is 0 Å². The molecule has 2 rings (SSSR count). The molecule has 1 aromatic heterocycles. The highest BCUT2D eigenvalue weighted by Crippen LogP contribution is 2.20. The van der Waals surface area contributed by atoms with Crippen LogP contribution in [0.25, 0.3) is 0 Å². The molecule has 6 heteroatoms. The van der Waals surface area contributed by atoms with Crippen molar-refractivity contribution in [3.63, 3.8) is 0 Å². The maximum atomic E-state index is 12.1. The van der Waals surface area contributed by atoms with Crippen molar-refractivity contribution in [3.8, 4) is 0 Å². The van der Waals surface area contributed by atoms with E-state index in [1.165, 1.54) is 0 Å². The van der Waals surface area contributed by atoms with E-state index in [-0.39, 0.29) is 5.91 Å². The number of benzene rings is 1. The lowest BCUT2D eigenvalue weighted by molar-refractivity contribution is 0.0951. The monoisotopic (exact) mass is 336 g/mol. The van der Waals surface area contributed by atoms with E-state index in [9.17, 15) is 4.79 Å². The van der Waals surface area contributed by atoms with Gasteiger partial charge in [0.2, 0.25) is 0 Å². The summed E-state index contributed by atoms with van der Waals surface area (Å²) in [4.78, 5) is 12.1. The predicted octanol–water partition coefficient (Wildman–Crippen LogP) is 2.26. The molecule has 20 heavy (non-hydrogen) atoms. The van der Waals surface area contributed by atoms with Gasteiger partial charge in [-0.25, -0.2) is 0 Å². The summed E-state index contributed by atoms with van der Waals surface area (Å²) in [5.74, 6) is -0.143. The average molecular weight is 337 g/mol. The number of aromatic nitrogens is 2. The van der Waals surface area contributed by atoms with Gasteiger partial charge in [0, 0.05) is 41.1 Å². The van der Waals surface area contributed by atoms with Crippen LogP contribution in [0, 0.1) is 0 Å². The van der Waals surface area contributed by atoms with Crippen molar-refractivity contribution in [3.05, 3.63) is 45.7 Å². The zero-order chi connectivity index (χ0) is 14.7. The van der Waals surface area contributed by atoms with Crippen LogP contribution in [-0.2, 0) is 20.0 Å². The Morgan fingerprint density at radius 2 is 2.25 bits per heavy atom. The van der Waals surface area contributed by atoms with Crippen LogP contribution in [0.4, 0.5) is 5.69 Å². The molecule has 1 heterocycles. The van der Waals surface area contributed by atoms with Crippen molar-refractivity contribution in [2.24, 2.45) is 7.05 Å². The van der Waals surface area contributed by atoms with E-state index < -0.39 is 0 Å². The van der Waals surface area contributed by atoms with Gasteiger partial charge in [-0.1, -0.05) is 6.92 Å². The number of anilines is 1. The Morgan fingerprint density at radius 1 is 1.50 bits per heavy atom. The summed E-state index contributed by atoms with van der Waals surface area (Å²) in [7, 11) is 1.87. The molecule has 0 spiro atoms. The van der Waals surface area contributed by atoms with E-state index in [2.05, 4.69) is 26.3 Å². The molecule has 0 unspecified atom stereocenters. The molecule has 5 nitrogen and oxygen atoms in total. The van der Waals surface area contributed by atoms with E-state index in [1.54, 1.807) is 22.9 Å². The topological polar surface area (TPSA) is 72.9 Å². The van der Waals surface area contributed by atoms with Gasteiger partial charge in [-0.3, -0.25) is 9.48 Å². The zero-order valence-corrected chi connectivity index (χ0v) is 13.1. The Kier molecular flexibility index (Phi) is 4.44. The molecule has 0 radical (unpaired) electrons.